The molecule has 0 fully saturated rings. The van der Waals surface area contributed by atoms with Crippen LogP contribution in [0.3, 0.4) is 0 Å². The van der Waals surface area contributed by atoms with Gasteiger partial charge in [-0.15, -0.1) is 0 Å². The van der Waals surface area contributed by atoms with Crippen molar-refractivity contribution in [3.05, 3.63) is 53.3 Å². The Labute approximate surface area is 173 Å². The summed E-state index contributed by atoms with van der Waals surface area (Å²) in [5.41, 5.74) is 2.78. The summed E-state index contributed by atoms with van der Waals surface area (Å²) in [6, 6.07) is 9.05. The van der Waals surface area contributed by atoms with E-state index >= 15 is 0 Å². The molecule has 2 N–H and O–H groups in total. The van der Waals surface area contributed by atoms with Gasteiger partial charge >= 0.3 is 5.97 Å². The van der Waals surface area contributed by atoms with E-state index in [-0.39, 0.29) is 28.7 Å². The molecule has 0 unspecified atom stereocenters. The highest BCUT2D eigenvalue weighted by Gasteiger charge is 2.21. The normalized spacial score (nSPS) is 9.79. The van der Waals surface area contributed by atoms with Crippen molar-refractivity contribution in [2.45, 2.75) is 54.4 Å². The second-order valence-corrected chi connectivity index (χ2v) is 6.96. The van der Waals surface area contributed by atoms with E-state index in [9.17, 15) is 9.18 Å². The Bertz CT molecular complexity index is 758. The second kappa shape index (κ2) is 13.6. The van der Waals surface area contributed by atoms with Crippen LogP contribution in [0.1, 0.15) is 70.3 Å². The van der Waals surface area contributed by atoms with E-state index in [0.717, 1.165) is 17.5 Å². The highest BCUT2D eigenvalue weighted by Crippen LogP contribution is 2.31. The van der Waals surface area contributed by atoms with Crippen LogP contribution in [0.25, 0.3) is 0 Å². The van der Waals surface area contributed by atoms with E-state index in [1.165, 1.54) is 19.2 Å². The summed E-state index contributed by atoms with van der Waals surface area (Å²) in [6.07, 6.45) is 0. The van der Waals surface area contributed by atoms with Crippen LogP contribution in [0, 0.1) is 11.7 Å². The molecule has 0 spiro atoms. The predicted molar refractivity (Wildman–Crippen MR) is 116 cm³/mol. The zero-order valence-electron chi connectivity index (χ0n) is 18.7. The summed E-state index contributed by atoms with van der Waals surface area (Å²) < 4.78 is 24.2. The number of benzene rings is 2. The van der Waals surface area contributed by atoms with Gasteiger partial charge in [-0.25, -0.2) is 9.18 Å². The summed E-state index contributed by atoms with van der Waals surface area (Å²) in [5.74, 6) is -0.434. The van der Waals surface area contributed by atoms with E-state index < -0.39 is 11.8 Å². The third kappa shape index (κ3) is 8.52. The standard InChI is InChI=1S/C17H18FNO4.C4H10.C2H6/c1-10(2)11-7-8-13(19-21)15(9-11)23-17(20)16-12(18)5-4-6-14(16)22-3;1-4(2)3;1-2/h4-10,19,21H,1-3H3;4H,1-3H3;1-2H3. The van der Waals surface area contributed by atoms with Crippen molar-refractivity contribution in [2.24, 2.45) is 5.92 Å². The highest BCUT2D eigenvalue weighted by atomic mass is 19.1. The molecule has 0 aliphatic carbocycles. The maximum atomic E-state index is 13.9. The van der Waals surface area contributed by atoms with Crippen LogP contribution in [0.15, 0.2) is 36.4 Å². The summed E-state index contributed by atoms with van der Waals surface area (Å²) in [5, 5.41) is 9.15. The van der Waals surface area contributed by atoms with E-state index in [2.05, 4.69) is 20.8 Å². The van der Waals surface area contributed by atoms with Crippen molar-refractivity contribution < 1.29 is 23.9 Å². The summed E-state index contributed by atoms with van der Waals surface area (Å²) in [4.78, 5) is 12.3. The summed E-state index contributed by atoms with van der Waals surface area (Å²) in [6.45, 7) is 14.5. The minimum absolute atomic E-state index is 0.0773. The molecule has 162 valence electrons. The van der Waals surface area contributed by atoms with Crippen LogP contribution in [0.5, 0.6) is 11.5 Å². The van der Waals surface area contributed by atoms with E-state index in [1.54, 1.807) is 18.2 Å². The number of hydrogen-bond donors (Lipinski definition) is 2. The minimum Gasteiger partial charge on any atom is -0.496 e. The Kier molecular flexibility index (Phi) is 12.3. The molecule has 0 aromatic heterocycles. The molecule has 0 amide bonds. The van der Waals surface area contributed by atoms with Crippen molar-refractivity contribution in [2.75, 3.05) is 12.6 Å². The van der Waals surface area contributed by atoms with Crippen LogP contribution in [-0.4, -0.2) is 18.3 Å². The van der Waals surface area contributed by atoms with Crippen molar-refractivity contribution in [3.8, 4) is 11.5 Å². The number of halogens is 1. The average Bonchev–Trinajstić information content (AvgIpc) is 2.68. The van der Waals surface area contributed by atoms with Crippen molar-refractivity contribution >= 4 is 11.7 Å². The Morgan fingerprint density at radius 3 is 2.10 bits per heavy atom. The number of rotatable bonds is 5. The molecule has 0 atom stereocenters. The molecule has 0 aliphatic heterocycles. The van der Waals surface area contributed by atoms with Crippen LogP contribution < -0.4 is 15.0 Å². The molecule has 0 heterocycles. The van der Waals surface area contributed by atoms with Crippen molar-refractivity contribution in [1.29, 1.82) is 0 Å². The summed E-state index contributed by atoms with van der Waals surface area (Å²) >= 11 is 0. The average molecular weight is 408 g/mol. The second-order valence-electron chi connectivity index (χ2n) is 6.96. The van der Waals surface area contributed by atoms with Gasteiger partial charge in [0, 0.05) is 0 Å². The van der Waals surface area contributed by atoms with E-state index in [0.29, 0.717) is 0 Å². The number of hydrogen-bond acceptors (Lipinski definition) is 5. The lowest BCUT2D eigenvalue weighted by Crippen LogP contribution is -2.13. The zero-order valence-corrected chi connectivity index (χ0v) is 18.7. The van der Waals surface area contributed by atoms with Gasteiger partial charge < -0.3 is 9.47 Å². The molecule has 29 heavy (non-hydrogen) atoms. The summed E-state index contributed by atoms with van der Waals surface area (Å²) in [7, 11) is 1.34. The third-order valence-corrected chi connectivity index (χ3v) is 3.39. The van der Waals surface area contributed by atoms with Gasteiger partial charge in [0.15, 0.2) is 5.75 Å². The fourth-order valence-electron chi connectivity index (χ4n) is 2.10. The molecule has 0 bridgehead atoms. The first-order valence-electron chi connectivity index (χ1n) is 9.79. The first kappa shape index (κ1) is 26.4. The van der Waals surface area contributed by atoms with Gasteiger partial charge in [0.1, 0.15) is 22.8 Å². The van der Waals surface area contributed by atoms with Gasteiger partial charge in [0.05, 0.1) is 7.11 Å². The van der Waals surface area contributed by atoms with E-state index in [1.807, 2.05) is 33.2 Å². The topological polar surface area (TPSA) is 67.8 Å². The van der Waals surface area contributed by atoms with Crippen molar-refractivity contribution in [3.63, 3.8) is 0 Å². The van der Waals surface area contributed by atoms with Gasteiger partial charge in [-0.05, 0) is 41.7 Å². The Hall–Kier alpha value is -2.60. The molecule has 0 radical (unpaired) electrons. The Morgan fingerprint density at radius 2 is 1.62 bits per heavy atom. The van der Waals surface area contributed by atoms with Gasteiger partial charge in [-0.1, -0.05) is 60.6 Å². The predicted octanol–water partition coefficient (Wildman–Crippen LogP) is 6.67. The third-order valence-electron chi connectivity index (χ3n) is 3.39. The fourth-order valence-corrected chi connectivity index (χ4v) is 2.10. The monoisotopic (exact) mass is 407 g/mol. The zero-order chi connectivity index (χ0) is 22.6. The van der Waals surface area contributed by atoms with Crippen LogP contribution in [-0.2, 0) is 0 Å². The molecule has 2 aromatic rings. The van der Waals surface area contributed by atoms with Crippen LogP contribution in [0.2, 0.25) is 0 Å². The van der Waals surface area contributed by atoms with Crippen molar-refractivity contribution in [1.82, 2.24) is 0 Å². The number of nitrogens with one attached hydrogen (secondary N) is 1. The molecule has 2 aromatic carbocycles. The molecule has 0 saturated heterocycles. The number of methoxy groups -OCH3 is 1. The maximum absolute atomic E-state index is 13.9. The first-order chi connectivity index (χ1) is 13.7. The number of anilines is 1. The Balaban J connectivity index is 0.00000116. The first-order valence-corrected chi connectivity index (χ1v) is 9.79. The smallest absolute Gasteiger partial charge is 0.350 e. The lowest BCUT2D eigenvalue weighted by molar-refractivity contribution is 0.0726. The molecule has 6 heteroatoms. The number of esters is 1. The fraction of sp³-hybridized carbons (Fsp3) is 0.435. The SMILES string of the molecule is CC.CC(C)C.COc1cccc(F)c1C(=O)Oc1cc(C(C)C)ccc1NO. The van der Waals surface area contributed by atoms with Gasteiger partial charge in [0.2, 0.25) is 0 Å². The maximum Gasteiger partial charge on any atom is 0.350 e. The number of carbonyl (C=O) groups excluding carboxylic acids is 1. The lowest BCUT2D eigenvalue weighted by Gasteiger charge is -2.14. The number of ether oxygens (including phenoxy) is 2. The molecule has 5 nitrogen and oxygen atoms in total. The van der Waals surface area contributed by atoms with Gasteiger partial charge in [-0.3, -0.25) is 10.7 Å². The lowest BCUT2D eigenvalue weighted by atomic mass is 10.0. The molecule has 0 saturated carbocycles. The highest BCUT2D eigenvalue weighted by molar-refractivity contribution is 5.95. The van der Waals surface area contributed by atoms with Crippen LogP contribution >= 0.6 is 0 Å². The Morgan fingerprint density at radius 1 is 1.03 bits per heavy atom. The van der Waals surface area contributed by atoms with Gasteiger partial charge in [0.25, 0.3) is 0 Å². The number of carbonyl (C=O) groups is 1. The molecule has 2 rings (SSSR count). The van der Waals surface area contributed by atoms with E-state index in [4.69, 9.17) is 14.7 Å². The molecule has 0 aliphatic rings. The van der Waals surface area contributed by atoms with Gasteiger partial charge in [-0.2, -0.15) is 0 Å². The molecular formula is C23H34FNO4. The largest absolute Gasteiger partial charge is 0.496 e. The molecular weight excluding hydrogens is 373 g/mol. The van der Waals surface area contributed by atoms with Crippen LogP contribution in [0.4, 0.5) is 10.1 Å². The minimum atomic E-state index is -0.905. The quantitative estimate of drug-likeness (QED) is 0.329.